The molecule has 2 aromatic carbocycles. The zero-order chi connectivity index (χ0) is 14.9. The fraction of sp³-hybridized carbons (Fsp3) is 0.421. The third kappa shape index (κ3) is 2.86. The van der Waals surface area contributed by atoms with E-state index < -0.39 is 0 Å². The predicted octanol–water partition coefficient (Wildman–Crippen LogP) is 2.78. The summed E-state index contributed by atoms with van der Waals surface area (Å²) in [6.45, 7) is 0. The smallest absolute Gasteiger partial charge is 0.224 e. The molecule has 114 valence electrons. The Bertz CT molecular complexity index is 685. The Morgan fingerprint density at radius 1 is 1.05 bits per heavy atom. The van der Waals surface area contributed by atoms with E-state index >= 15 is 0 Å². The van der Waals surface area contributed by atoms with Crippen LogP contribution in [0.25, 0.3) is 10.8 Å². The van der Waals surface area contributed by atoms with Crippen molar-refractivity contribution in [1.82, 2.24) is 10.6 Å². The summed E-state index contributed by atoms with van der Waals surface area (Å²) in [4.78, 5) is 12.3. The molecule has 4 rings (SSSR count). The van der Waals surface area contributed by atoms with Crippen molar-refractivity contribution < 1.29 is 4.79 Å². The van der Waals surface area contributed by atoms with E-state index in [2.05, 4.69) is 41.0 Å². The maximum absolute atomic E-state index is 12.3. The monoisotopic (exact) mass is 294 g/mol. The van der Waals surface area contributed by atoms with Gasteiger partial charge in [0.05, 0.1) is 6.42 Å². The summed E-state index contributed by atoms with van der Waals surface area (Å²) in [6, 6.07) is 16.2. The van der Waals surface area contributed by atoms with E-state index in [9.17, 15) is 4.79 Å². The van der Waals surface area contributed by atoms with E-state index in [0.29, 0.717) is 24.5 Å². The van der Waals surface area contributed by atoms with Gasteiger partial charge in [-0.05, 0) is 42.0 Å². The van der Waals surface area contributed by atoms with Gasteiger partial charge in [-0.2, -0.15) is 0 Å². The van der Waals surface area contributed by atoms with Gasteiger partial charge in [-0.3, -0.25) is 4.79 Å². The number of carbonyl (C=O) groups is 1. The lowest BCUT2D eigenvalue weighted by Gasteiger charge is -2.29. The highest BCUT2D eigenvalue weighted by molar-refractivity contribution is 5.85. The molecule has 2 atom stereocenters. The average Bonchev–Trinajstić information content (AvgIpc) is 2.86. The molecule has 2 aromatic rings. The highest BCUT2D eigenvalue weighted by Gasteiger charge is 2.33. The zero-order valence-corrected chi connectivity index (χ0v) is 12.7. The number of benzene rings is 2. The number of piperidine rings is 1. The molecular formula is C19H22N2O. The maximum atomic E-state index is 12.3. The largest absolute Gasteiger partial charge is 0.353 e. The van der Waals surface area contributed by atoms with Gasteiger partial charge in [-0.15, -0.1) is 0 Å². The molecule has 2 saturated heterocycles. The Hall–Kier alpha value is -1.87. The SMILES string of the molecule is O=C(Cc1ccc2ccccc2c1)NC1CC2CCC(C1)N2. The molecular weight excluding hydrogens is 272 g/mol. The van der Waals surface area contributed by atoms with E-state index in [-0.39, 0.29) is 5.91 Å². The summed E-state index contributed by atoms with van der Waals surface area (Å²) in [5.74, 6) is 0.154. The minimum Gasteiger partial charge on any atom is -0.353 e. The van der Waals surface area contributed by atoms with Crippen LogP contribution in [0.2, 0.25) is 0 Å². The summed E-state index contributed by atoms with van der Waals surface area (Å²) in [5.41, 5.74) is 1.09. The van der Waals surface area contributed by atoms with Gasteiger partial charge < -0.3 is 10.6 Å². The van der Waals surface area contributed by atoms with E-state index in [1.807, 2.05) is 12.1 Å². The van der Waals surface area contributed by atoms with Gasteiger partial charge in [0.25, 0.3) is 0 Å². The zero-order valence-electron chi connectivity index (χ0n) is 12.7. The van der Waals surface area contributed by atoms with Crippen molar-refractivity contribution in [1.29, 1.82) is 0 Å². The van der Waals surface area contributed by atoms with Crippen LogP contribution in [0.5, 0.6) is 0 Å². The van der Waals surface area contributed by atoms with Crippen LogP contribution < -0.4 is 10.6 Å². The average molecular weight is 294 g/mol. The number of nitrogens with one attached hydrogen (secondary N) is 2. The Morgan fingerprint density at radius 2 is 1.77 bits per heavy atom. The molecule has 2 heterocycles. The van der Waals surface area contributed by atoms with Crippen LogP contribution in [-0.4, -0.2) is 24.0 Å². The Balaban J connectivity index is 1.40. The van der Waals surface area contributed by atoms with E-state index in [1.54, 1.807) is 0 Å². The van der Waals surface area contributed by atoms with Crippen LogP contribution in [0, 0.1) is 0 Å². The van der Waals surface area contributed by atoms with Crippen molar-refractivity contribution >= 4 is 16.7 Å². The Kier molecular flexibility index (Phi) is 3.59. The van der Waals surface area contributed by atoms with E-state index in [0.717, 1.165) is 18.4 Å². The first-order valence-corrected chi connectivity index (χ1v) is 8.29. The second kappa shape index (κ2) is 5.73. The summed E-state index contributed by atoms with van der Waals surface area (Å²) in [5, 5.41) is 9.27. The van der Waals surface area contributed by atoms with Crippen molar-refractivity contribution in [3.05, 3.63) is 48.0 Å². The maximum Gasteiger partial charge on any atom is 0.224 e. The molecule has 0 spiro atoms. The molecule has 3 nitrogen and oxygen atoms in total. The number of hydrogen-bond acceptors (Lipinski definition) is 2. The van der Waals surface area contributed by atoms with Crippen LogP contribution in [0.3, 0.4) is 0 Å². The number of amides is 1. The number of rotatable bonds is 3. The standard InChI is InChI=1S/C19H22N2O/c22-19(21-18-11-16-7-8-17(12-18)20-16)10-13-5-6-14-3-1-2-4-15(14)9-13/h1-6,9,16-18,20H,7-8,10-12H2,(H,21,22). The second-order valence-electron chi connectivity index (χ2n) is 6.73. The summed E-state index contributed by atoms with van der Waals surface area (Å²) < 4.78 is 0. The molecule has 0 saturated carbocycles. The Morgan fingerprint density at radius 3 is 2.55 bits per heavy atom. The van der Waals surface area contributed by atoms with E-state index in [4.69, 9.17) is 0 Å². The summed E-state index contributed by atoms with van der Waals surface area (Å²) in [7, 11) is 0. The van der Waals surface area contributed by atoms with Gasteiger partial charge in [-0.1, -0.05) is 42.5 Å². The third-order valence-electron chi connectivity index (χ3n) is 5.02. The van der Waals surface area contributed by atoms with Gasteiger partial charge >= 0.3 is 0 Å². The molecule has 2 unspecified atom stereocenters. The molecule has 0 aliphatic carbocycles. The Labute approximate surface area is 131 Å². The second-order valence-corrected chi connectivity index (χ2v) is 6.73. The van der Waals surface area contributed by atoms with Crippen molar-refractivity contribution in [3.8, 4) is 0 Å². The van der Waals surface area contributed by atoms with Crippen LogP contribution in [-0.2, 0) is 11.2 Å². The highest BCUT2D eigenvalue weighted by Crippen LogP contribution is 2.26. The van der Waals surface area contributed by atoms with Gasteiger partial charge in [0.1, 0.15) is 0 Å². The van der Waals surface area contributed by atoms with E-state index in [1.165, 1.54) is 23.6 Å². The van der Waals surface area contributed by atoms with Crippen LogP contribution >= 0.6 is 0 Å². The molecule has 2 fully saturated rings. The lowest BCUT2D eigenvalue weighted by molar-refractivity contribution is -0.121. The van der Waals surface area contributed by atoms with Crippen molar-refractivity contribution in [2.75, 3.05) is 0 Å². The molecule has 2 aliphatic heterocycles. The number of carbonyl (C=O) groups excluding carboxylic acids is 1. The first-order valence-electron chi connectivity index (χ1n) is 8.29. The molecule has 3 heteroatoms. The number of hydrogen-bond donors (Lipinski definition) is 2. The number of fused-ring (bicyclic) bond motifs is 3. The molecule has 22 heavy (non-hydrogen) atoms. The summed E-state index contributed by atoms with van der Waals surface area (Å²) in [6.07, 6.45) is 5.17. The minimum atomic E-state index is 0.154. The molecule has 2 N–H and O–H groups in total. The van der Waals surface area contributed by atoms with Crippen molar-refractivity contribution in [2.45, 2.75) is 50.2 Å². The molecule has 0 aromatic heterocycles. The third-order valence-corrected chi connectivity index (χ3v) is 5.02. The molecule has 2 bridgehead atoms. The summed E-state index contributed by atoms with van der Waals surface area (Å²) >= 11 is 0. The fourth-order valence-electron chi connectivity index (χ4n) is 3.99. The van der Waals surface area contributed by atoms with Crippen molar-refractivity contribution in [2.24, 2.45) is 0 Å². The van der Waals surface area contributed by atoms with Gasteiger partial charge in [0, 0.05) is 18.1 Å². The topological polar surface area (TPSA) is 41.1 Å². The van der Waals surface area contributed by atoms with Crippen LogP contribution in [0.1, 0.15) is 31.2 Å². The van der Waals surface area contributed by atoms with Crippen molar-refractivity contribution in [3.63, 3.8) is 0 Å². The first kappa shape index (κ1) is 13.8. The van der Waals surface area contributed by atoms with Crippen LogP contribution in [0.15, 0.2) is 42.5 Å². The van der Waals surface area contributed by atoms with Gasteiger partial charge in [0.15, 0.2) is 0 Å². The first-order chi connectivity index (χ1) is 10.8. The normalized spacial score (nSPS) is 27.0. The predicted molar refractivity (Wildman–Crippen MR) is 88.8 cm³/mol. The van der Waals surface area contributed by atoms with Crippen LogP contribution in [0.4, 0.5) is 0 Å². The lowest BCUT2D eigenvalue weighted by atomic mass is 9.99. The molecule has 1 amide bonds. The van der Waals surface area contributed by atoms with Gasteiger partial charge in [0.2, 0.25) is 5.91 Å². The lowest BCUT2D eigenvalue weighted by Crippen LogP contribution is -2.48. The van der Waals surface area contributed by atoms with Gasteiger partial charge in [-0.25, -0.2) is 0 Å². The quantitative estimate of drug-likeness (QED) is 0.914. The minimum absolute atomic E-state index is 0.154. The molecule has 0 radical (unpaired) electrons. The fourth-order valence-corrected chi connectivity index (χ4v) is 3.99. The molecule has 2 aliphatic rings. The highest BCUT2D eigenvalue weighted by atomic mass is 16.1.